The van der Waals surface area contributed by atoms with E-state index in [4.69, 9.17) is 0 Å². The predicted molar refractivity (Wildman–Crippen MR) is 84.7 cm³/mol. The van der Waals surface area contributed by atoms with E-state index < -0.39 is 0 Å². The fraction of sp³-hybridized carbons (Fsp3) is 1.00. The summed E-state index contributed by atoms with van der Waals surface area (Å²) in [4.78, 5) is 5.03. The summed E-state index contributed by atoms with van der Waals surface area (Å²) in [5.41, 5.74) is 0.442. The molecular formula is C16H35N3. The van der Waals surface area contributed by atoms with Crippen LogP contribution in [0, 0.1) is 11.3 Å². The molecule has 1 unspecified atom stereocenters. The van der Waals surface area contributed by atoms with Gasteiger partial charge in [0.15, 0.2) is 0 Å². The fourth-order valence-electron chi connectivity index (χ4n) is 3.64. The lowest BCUT2D eigenvalue weighted by atomic mass is 9.84. The van der Waals surface area contributed by atoms with Crippen LogP contribution < -0.4 is 5.32 Å². The Morgan fingerprint density at radius 1 is 1.26 bits per heavy atom. The molecule has 1 heterocycles. The van der Waals surface area contributed by atoms with Crippen LogP contribution in [0.25, 0.3) is 0 Å². The smallest absolute Gasteiger partial charge is 0.00475 e. The van der Waals surface area contributed by atoms with E-state index in [0.717, 1.165) is 12.5 Å². The van der Waals surface area contributed by atoms with Crippen LogP contribution in [-0.2, 0) is 0 Å². The first-order valence-corrected chi connectivity index (χ1v) is 8.01. The molecule has 1 rings (SSSR count). The van der Waals surface area contributed by atoms with Gasteiger partial charge in [0.2, 0.25) is 0 Å². The van der Waals surface area contributed by atoms with E-state index in [1.165, 1.54) is 51.9 Å². The molecule has 1 aliphatic heterocycles. The van der Waals surface area contributed by atoms with Gasteiger partial charge in [-0.15, -0.1) is 0 Å². The molecular weight excluding hydrogens is 234 g/mol. The number of nitrogens with zero attached hydrogens (tertiary/aromatic N) is 2. The van der Waals surface area contributed by atoms with E-state index in [2.05, 4.69) is 50.1 Å². The number of hydrogen-bond donors (Lipinski definition) is 1. The molecule has 0 bridgehead atoms. The Balaban J connectivity index is 2.37. The quantitative estimate of drug-likeness (QED) is 0.729. The lowest BCUT2D eigenvalue weighted by molar-refractivity contribution is 0.104. The molecule has 1 atom stereocenters. The molecule has 1 aliphatic rings. The molecule has 114 valence electrons. The Morgan fingerprint density at radius 2 is 1.89 bits per heavy atom. The summed E-state index contributed by atoms with van der Waals surface area (Å²) < 4.78 is 0. The number of likely N-dealkylation sites (tertiary alicyclic amines) is 1. The first kappa shape index (κ1) is 16.9. The average Bonchev–Trinajstić information content (AvgIpc) is 2.31. The highest BCUT2D eigenvalue weighted by molar-refractivity contribution is 4.83. The van der Waals surface area contributed by atoms with Crippen molar-refractivity contribution in [1.29, 1.82) is 0 Å². The van der Waals surface area contributed by atoms with Crippen molar-refractivity contribution in [2.75, 3.05) is 53.9 Å². The van der Waals surface area contributed by atoms with Crippen molar-refractivity contribution in [3.05, 3.63) is 0 Å². The van der Waals surface area contributed by atoms with Gasteiger partial charge >= 0.3 is 0 Å². The second-order valence-electron chi connectivity index (χ2n) is 7.07. The maximum atomic E-state index is 3.38. The van der Waals surface area contributed by atoms with E-state index >= 15 is 0 Å². The van der Waals surface area contributed by atoms with Gasteiger partial charge in [0.25, 0.3) is 0 Å². The molecule has 1 fully saturated rings. The molecule has 0 saturated carbocycles. The molecule has 0 amide bonds. The topological polar surface area (TPSA) is 18.5 Å². The molecule has 0 radical (unpaired) electrons. The van der Waals surface area contributed by atoms with E-state index in [1.54, 1.807) is 0 Å². The van der Waals surface area contributed by atoms with E-state index in [0.29, 0.717) is 5.41 Å². The highest BCUT2D eigenvalue weighted by Gasteiger charge is 2.28. The number of hydrogen-bond acceptors (Lipinski definition) is 3. The van der Waals surface area contributed by atoms with Crippen molar-refractivity contribution in [2.24, 2.45) is 11.3 Å². The summed E-state index contributed by atoms with van der Waals surface area (Å²) in [6.07, 6.45) is 5.36. The first-order valence-electron chi connectivity index (χ1n) is 8.01. The normalized spacial score (nSPS) is 21.8. The predicted octanol–water partition coefficient (Wildman–Crippen LogP) is 2.29. The minimum atomic E-state index is 0.442. The van der Waals surface area contributed by atoms with Crippen LogP contribution in [0.4, 0.5) is 0 Å². The third-order valence-corrected chi connectivity index (χ3v) is 4.39. The Hall–Kier alpha value is -0.120. The SMILES string of the molecule is CCCC(C)(CNC)CN1CCC(CN(C)C)CC1. The molecule has 3 heteroatoms. The Morgan fingerprint density at radius 3 is 2.37 bits per heavy atom. The third kappa shape index (κ3) is 6.24. The highest BCUT2D eigenvalue weighted by Crippen LogP contribution is 2.26. The summed E-state index contributed by atoms with van der Waals surface area (Å²) in [5.74, 6) is 0.910. The average molecular weight is 269 g/mol. The summed E-state index contributed by atoms with van der Waals surface area (Å²) in [7, 11) is 6.46. The fourth-order valence-corrected chi connectivity index (χ4v) is 3.64. The molecule has 0 aliphatic carbocycles. The zero-order chi connectivity index (χ0) is 14.3. The number of nitrogens with one attached hydrogen (secondary N) is 1. The third-order valence-electron chi connectivity index (χ3n) is 4.39. The van der Waals surface area contributed by atoms with E-state index in [9.17, 15) is 0 Å². The van der Waals surface area contributed by atoms with Gasteiger partial charge in [-0.1, -0.05) is 20.3 Å². The second kappa shape index (κ2) is 8.23. The van der Waals surface area contributed by atoms with Crippen LogP contribution in [0.5, 0.6) is 0 Å². The van der Waals surface area contributed by atoms with Gasteiger partial charge in [0, 0.05) is 19.6 Å². The molecule has 0 aromatic rings. The van der Waals surface area contributed by atoms with Crippen molar-refractivity contribution in [2.45, 2.75) is 39.5 Å². The molecule has 1 saturated heterocycles. The molecule has 3 nitrogen and oxygen atoms in total. The van der Waals surface area contributed by atoms with E-state index in [1.807, 2.05) is 0 Å². The van der Waals surface area contributed by atoms with Crippen molar-refractivity contribution < 1.29 is 0 Å². The van der Waals surface area contributed by atoms with Crippen LogP contribution in [0.2, 0.25) is 0 Å². The van der Waals surface area contributed by atoms with Gasteiger partial charge in [0.1, 0.15) is 0 Å². The Labute approximate surface area is 120 Å². The van der Waals surface area contributed by atoms with Gasteiger partial charge in [-0.3, -0.25) is 0 Å². The lowest BCUT2D eigenvalue weighted by Crippen LogP contribution is -2.45. The lowest BCUT2D eigenvalue weighted by Gasteiger charge is -2.39. The zero-order valence-electron chi connectivity index (χ0n) is 13.8. The van der Waals surface area contributed by atoms with Crippen LogP contribution in [0.15, 0.2) is 0 Å². The number of rotatable bonds is 8. The zero-order valence-corrected chi connectivity index (χ0v) is 13.8. The van der Waals surface area contributed by atoms with Gasteiger partial charge in [0.05, 0.1) is 0 Å². The molecule has 1 N–H and O–H groups in total. The molecule has 0 spiro atoms. The monoisotopic (exact) mass is 269 g/mol. The summed E-state index contributed by atoms with van der Waals surface area (Å²) in [6, 6.07) is 0. The minimum absolute atomic E-state index is 0.442. The van der Waals surface area contributed by atoms with Gasteiger partial charge in [-0.2, -0.15) is 0 Å². The second-order valence-corrected chi connectivity index (χ2v) is 7.07. The molecule has 19 heavy (non-hydrogen) atoms. The van der Waals surface area contributed by atoms with Gasteiger partial charge < -0.3 is 15.1 Å². The van der Waals surface area contributed by atoms with Crippen molar-refractivity contribution in [1.82, 2.24) is 15.1 Å². The van der Waals surface area contributed by atoms with Crippen molar-refractivity contribution in [3.8, 4) is 0 Å². The van der Waals surface area contributed by atoms with Gasteiger partial charge in [-0.25, -0.2) is 0 Å². The Bertz CT molecular complexity index is 226. The first-order chi connectivity index (χ1) is 8.99. The maximum absolute atomic E-state index is 3.38. The van der Waals surface area contributed by atoms with Crippen LogP contribution in [0.1, 0.15) is 39.5 Å². The standard InChI is InChI=1S/C16H35N3/c1-6-9-16(2,13-17-3)14-19-10-7-15(8-11-19)12-18(4)5/h15,17H,6-14H2,1-5H3. The van der Waals surface area contributed by atoms with Crippen LogP contribution in [-0.4, -0.2) is 63.7 Å². The van der Waals surface area contributed by atoms with E-state index in [-0.39, 0.29) is 0 Å². The van der Waals surface area contributed by atoms with Crippen LogP contribution >= 0.6 is 0 Å². The van der Waals surface area contributed by atoms with Gasteiger partial charge in [-0.05, 0) is 64.8 Å². The minimum Gasteiger partial charge on any atom is -0.319 e. The summed E-state index contributed by atoms with van der Waals surface area (Å²) in [5, 5.41) is 3.38. The molecule has 0 aromatic heterocycles. The summed E-state index contributed by atoms with van der Waals surface area (Å²) in [6.45, 7) is 11.0. The number of piperidine rings is 1. The largest absolute Gasteiger partial charge is 0.319 e. The van der Waals surface area contributed by atoms with Crippen LogP contribution in [0.3, 0.4) is 0 Å². The van der Waals surface area contributed by atoms with Crippen molar-refractivity contribution in [3.63, 3.8) is 0 Å². The van der Waals surface area contributed by atoms with Crippen molar-refractivity contribution >= 4 is 0 Å². The maximum Gasteiger partial charge on any atom is 0.00475 e. The highest BCUT2D eigenvalue weighted by atomic mass is 15.1. The molecule has 0 aromatic carbocycles. The summed E-state index contributed by atoms with van der Waals surface area (Å²) >= 11 is 0. The Kier molecular flexibility index (Phi) is 7.33.